The Morgan fingerprint density at radius 3 is 2.69 bits per heavy atom. The smallest absolute Gasteiger partial charge is 0.407 e. The van der Waals surface area contributed by atoms with Crippen LogP contribution in [0.4, 0.5) is 9.18 Å². The number of fused-ring (bicyclic) bond motifs is 3. The fourth-order valence-corrected chi connectivity index (χ4v) is 5.24. The zero-order valence-corrected chi connectivity index (χ0v) is 19.6. The molecule has 1 saturated heterocycles. The van der Waals surface area contributed by atoms with Crippen molar-refractivity contribution in [3.8, 4) is 0 Å². The van der Waals surface area contributed by atoms with Crippen LogP contribution < -0.4 is 10.7 Å². The zero-order chi connectivity index (χ0) is 23.4. The number of aromatic nitrogens is 1. The molecule has 1 aromatic carbocycles. The van der Waals surface area contributed by atoms with Gasteiger partial charge in [-0.25, -0.2) is 14.0 Å². The maximum absolute atomic E-state index is 13.9. The van der Waals surface area contributed by atoms with Crippen LogP contribution in [0.5, 0.6) is 0 Å². The molecule has 1 unspecified atom stereocenters. The van der Waals surface area contributed by atoms with Crippen molar-refractivity contribution in [2.75, 3.05) is 13.1 Å². The Bertz CT molecular complexity index is 1180. The lowest BCUT2D eigenvalue weighted by atomic mass is 10.1. The van der Waals surface area contributed by atoms with Gasteiger partial charge in [0.2, 0.25) is 5.43 Å². The highest BCUT2D eigenvalue weighted by atomic mass is 35.5. The number of nitrogens with zero attached hydrogens (tertiary/aromatic N) is 2. The summed E-state index contributed by atoms with van der Waals surface area (Å²) in [4.78, 5) is 43.4. The molecule has 2 aliphatic rings. The van der Waals surface area contributed by atoms with Crippen LogP contribution in [-0.2, 0) is 9.57 Å². The van der Waals surface area contributed by atoms with Crippen molar-refractivity contribution in [1.29, 1.82) is 0 Å². The third-order valence-corrected chi connectivity index (χ3v) is 6.57. The molecule has 3 heterocycles. The van der Waals surface area contributed by atoms with Crippen molar-refractivity contribution in [2.45, 2.75) is 56.2 Å². The fourth-order valence-electron chi connectivity index (χ4n) is 3.81. The molecule has 0 aliphatic carbocycles. The van der Waals surface area contributed by atoms with Gasteiger partial charge in [-0.1, -0.05) is 23.4 Å². The van der Waals surface area contributed by atoms with Gasteiger partial charge in [-0.15, -0.1) is 5.06 Å². The lowest BCUT2D eigenvalue weighted by Crippen LogP contribution is -2.41. The number of hydrogen-bond acceptors (Lipinski definition) is 7. The number of pyridine rings is 1. The highest BCUT2D eigenvalue weighted by molar-refractivity contribution is 8.00. The maximum Gasteiger partial charge on any atom is 0.407 e. The number of alkyl carbamates (subject to hydrolysis) is 1. The number of thioether (sulfide) groups is 1. The molecular weight excluding hydrogens is 461 g/mol. The first kappa shape index (κ1) is 22.9. The standard InChI is InChI=1S/C21H23ClFN3O5S/c1-10-26-16-13(7-11(23)8-14(16)22)17(27)15(18(26)32-10)19(28)31-25-6-5-12(9-25)24-20(29)30-21(2,3)4/h7-8,10,12H,5-6,9H2,1-4H3,(H,24,29)/t10?,12-/m1/s1. The lowest BCUT2D eigenvalue weighted by molar-refractivity contribution is -0.0944. The number of carbonyl (C=O) groups is 2. The van der Waals surface area contributed by atoms with Gasteiger partial charge in [0.25, 0.3) is 0 Å². The summed E-state index contributed by atoms with van der Waals surface area (Å²) < 4.78 is 20.9. The minimum Gasteiger partial charge on any atom is -0.444 e. The van der Waals surface area contributed by atoms with Crippen LogP contribution in [0.2, 0.25) is 5.02 Å². The number of benzene rings is 1. The maximum atomic E-state index is 13.9. The van der Waals surface area contributed by atoms with Gasteiger partial charge in [-0.3, -0.25) is 4.79 Å². The Morgan fingerprint density at radius 1 is 1.31 bits per heavy atom. The Labute approximate surface area is 192 Å². The molecule has 0 saturated carbocycles. The van der Waals surface area contributed by atoms with E-state index in [1.54, 1.807) is 25.3 Å². The van der Waals surface area contributed by atoms with Gasteiger partial charge in [0.1, 0.15) is 17.0 Å². The number of amides is 1. The summed E-state index contributed by atoms with van der Waals surface area (Å²) in [5.41, 5.74) is -0.990. The molecule has 4 rings (SSSR count). The van der Waals surface area contributed by atoms with Gasteiger partial charge in [-0.05, 0) is 46.2 Å². The minimum absolute atomic E-state index is 0.0312. The van der Waals surface area contributed by atoms with E-state index < -0.39 is 28.9 Å². The molecule has 2 atom stereocenters. The summed E-state index contributed by atoms with van der Waals surface area (Å²) in [5, 5.41) is 4.65. The number of carbonyl (C=O) groups excluding carboxylic acids is 2. The second-order valence-electron chi connectivity index (χ2n) is 8.78. The molecule has 172 valence electrons. The van der Waals surface area contributed by atoms with Crippen LogP contribution >= 0.6 is 23.4 Å². The largest absolute Gasteiger partial charge is 0.444 e. The average molecular weight is 484 g/mol. The van der Waals surface area contributed by atoms with Crippen LogP contribution in [0.3, 0.4) is 0 Å². The Morgan fingerprint density at radius 2 is 2.03 bits per heavy atom. The monoisotopic (exact) mass is 483 g/mol. The van der Waals surface area contributed by atoms with E-state index in [0.29, 0.717) is 23.5 Å². The molecule has 0 radical (unpaired) electrons. The highest BCUT2D eigenvalue weighted by Crippen LogP contribution is 2.47. The number of nitrogens with one attached hydrogen (secondary N) is 1. The van der Waals surface area contributed by atoms with Crippen LogP contribution in [0.1, 0.15) is 49.8 Å². The second-order valence-corrected chi connectivity index (χ2v) is 10.5. The van der Waals surface area contributed by atoms with Gasteiger partial charge in [0.15, 0.2) is 0 Å². The molecule has 1 aromatic heterocycles. The van der Waals surface area contributed by atoms with Gasteiger partial charge in [0, 0.05) is 12.6 Å². The van der Waals surface area contributed by atoms with E-state index in [-0.39, 0.29) is 33.9 Å². The Hall–Kier alpha value is -2.30. The van der Waals surface area contributed by atoms with E-state index in [4.69, 9.17) is 21.2 Å². The summed E-state index contributed by atoms with van der Waals surface area (Å²) in [6.45, 7) is 7.84. The van der Waals surface area contributed by atoms with E-state index >= 15 is 0 Å². The van der Waals surface area contributed by atoms with E-state index in [9.17, 15) is 18.8 Å². The molecular formula is C21H23ClFN3O5S. The van der Waals surface area contributed by atoms with Crippen molar-refractivity contribution in [3.63, 3.8) is 0 Å². The summed E-state index contributed by atoms with van der Waals surface area (Å²) in [6, 6.07) is 1.97. The topological polar surface area (TPSA) is 89.9 Å². The molecule has 1 amide bonds. The van der Waals surface area contributed by atoms with Crippen LogP contribution in [0.25, 0.3) is 10.9 Å². The normalized spacial score (nSPS) is 20.6. The molecule has 8 nitrogen and oxygen atoms in total. The lowest BCUT2D eigenvalue weighted by Gasteiger charge is -2.33. The predicted octanol–water partition coefficient (Wildman–Crippen LogP) is 4.09. The molecule has 1 fully saturated rings. The van der Waals surface area contributed by atoms with Crippen molar-refractivity contribution >= 4 is 46.3 Å². The molecule has 32 heavy (non-hydrogen) atoms. The summed E-state index contributed by atoms with van der Waals surface area (Å²) >= 11 is 7.54. The van der Waals surface area contributed by atoms with Crippen molar-refractivity contribution in [2.24, 2.45) is 0 Å². The molecule has 2 aliphatic heterocycles. The SMILES string of the molecule is CC1Sc2c(C(=O)ON3CC[C@@H](NC(=O)OC(C)(C)C)C3)c(=O)c3cc(F)cc(Cl)c3n21. The predicted molar refractivity (Wildman–Crippen MR) is 119 cm³/mol. The number of hydroxylamine groups is 2. The third kappa shape index (κ3) is 4.31. The quantitative estimate of drug-likeness (QED) is 0.703. The number of rotatable bonds is 3. The van der Waals surface area contributed by atoms with Gasteiger partial charge >= 0.3 is 12.1 Å². The molecule has 0 spiro atoms. The van der Waals surface area contributed by atoms with E-state index in [0.717, 1.165) is 12.1 Å². The first-order chi connectivity index (χ1) is 14.9. The van der Waals surface area contributed by atoms with Crippen molar-refractivity contribution in [1.82, 2.24) is 14.9 Å². The first-order valence-corrected chi connectivity index (χ1v) is 11.4. The van der Waals surface area contributed by atoms with E-state index in [2.05, 4.69) is 5.32 Å². The minimum atomic E-state index is -0.821. The molecule has 1 N–H and O–H groups in total. The van der Waals surface area contributed by atoms with Gasteiger partial charge in [0.05, 0.1) is 32.9 Å². The van der Waals surface area contributed by atoms with Gasteiger partial charge < -0.3 is 19.5 Å². The fraction of sp³-hybridized carbons (Fsp3) is 0.476. The summed E-state index contributed by atoms with van der Waals surface area (Å²) in [7, 11) is 0. The van der Waals surface area contributed by atoms with Gasteiger partial charge in [-0.2, -0.15) is 0 Å². The summed E-state index contributed by atoms with van der Waals surface area (Å²) in [5.74, 6) is -1.48. The Balaban J connectivity index is 1.53. The molecule has 2 aromatic rings. The number of hydrogen-bond donors (Lipinski definition) is 1. The van der Waals surface area contributed by atoms with Crippen molar-refractivity contribution < 1.29 is 23.6 Å². The molecule has 11 heteroatoms. The van der Waals surface area contributed by atoms with Crippen molar-refractivity contribution in [3.05, 3.63) is 38.8 Å². The average Bonchev–Trinajstić information content (AvgIpc) is 3.07. The summed E-state index contributed by atoms with van der Waals surface area (Å²) in [6.07, 6.45) is 0.00239. The number of halogens is 2. The molecule has 0 bridgehead atoms. The van der Waals surface area contributed by atoms with Crippen LogP contribution in [0, 0.1) is 5.82 Å². The van der Waals surface area contributed by atoms with Crippen LogP contribution in [-0.4, -0.2) is 46.4 Å². The number of ether oxygens (including phenoxy) is 1. The second kappa shape index (κ2) is 8.24. The highest BCUT2D eigenvalue weighted by Gasteiger charge is 2.36. The van der Waals surface area contributed by atoms with Crippen LogP contribution in [0.15, 0.2) is 22.0 Å². The first-order valence-electron chi connectivity index (χ1n) is 10.2. The third-order valence-electron chi connectivity index (χ3n) is 5.11. The Kier molecular flexibility index (Phi) is 5.89. The van der Waals surface area contributed by atoms with E-state index in [1.807, 2.05) is 6.92 Å². The zero-order valence-electron chi connectivity index (χ0n) is 18.0. The van der Waals surface area contributed by atoms with E-state index in [1.165, 1.54) is 16.8 Å².